The molecule has 128 valence electrons. The minimum absolute atomic E-state index is 0.0557. The van der Waals surface area contributed by atoms with Gasteiger partial charge in [0.25, 0.3) is 5.91 Å². The fourth-order valence-corrected chi connectivity index (χ4v) is 3.27. The van der Waals surface area contributed by atoms with Gasteiger partial charge in [-0.1, -0.05) is 23.2 Å². The average Bonchev–Trinajstić information content (AvgIpc) is 3.19. The minimum Gasteiger partial charge on any atom is -0.381 e. The summed E-state index contributed by atoms with van der Waals surface area (Å²) in [5.74, 6) is 0.224. The second-order valence-electron chi connectivity index (χ2n) is 5.59. The van der Waals surface area contributed by atoms with Crippen molar-refractivity contribution >= 4 is 34.9 Å². The van der Waals surface area contributed by atoms with Crippen molar-refractivity contribution in [1.82, 2.24) is 10.2 Å². The van der Waals surface area contributed by atoms with E-state index in [2.05, 4.69) is 15.5 Å². The van der Waals surface area contributed by atoms with Crippen LogP contribution in [0.1, 0.15) is 6.42 Å². The van der Waals surface area contributed by atoms with Gasteiger partial charge in [0.2, 0.25) is 0 Å². The smallest absolute Gasteiger partial charge is 0.255 e. The Kier molecular flexibility index (Phi) is 5.40. The SMILES string of the molecule is COC(C(=O)Nc1cc(-c2cc(Cl)cc(Cl)c2)[nH]n1)C1CCOC1. The molecule has 2 unspecified atom stereocenters. The average molecular weight is 370 g/mol. The molecule has 1 saturated heterocycles. The van der Waals surface area contributed by atoms with Crippen LogP contribution in [0.3, 0.4) is 0 Å². The van der Waals surface area contributed by atoms with Gasteiger partial charge >= 0.3 is 0 Å². The molecular weight excluding hydrogens is 353 g/mol. The number of carbonyl (C=O) groups excluding carboxylic acids is 1. The molecule has 3 rings (SSSR count). The quantitative estimate of drug-likeness (QED) is 0.846. The van der Waals surface area contributed by atoms with E-state index in [0.717, 1.165) is 12.0 Å². The summed E-state index contributed by atoms with van der Waals surface area (Å²) in [5, 5.41) is 10.8. The van der Waals surface area contributed by atoms with Crippen LogP contribution in [-0.2, 0) is 14.3 Å². The van der Waals surface area contributed by atoms with E-state index in [9.17, 15) is 4.79 Å². The van der Waals surface area contributed by atoms with Crippen molar-refractivity contribution in [3.8, 4) is 11.3 Å². The van der Waals surface area contributed by atoms with Crippen LogP contribution in [0.25, 0.3) is 11.3 Å². The van der Waals surface area contributed by atoms with Gasteiger partial charge in [-0.25, -0.2) is 0 Å². The molecule has 1 aromatic heterocycles. The topological polar surface area (TPSA) is 76.2 Å². The van der Waals surface area contributed by atoms with E-state index in [1.807, 2.05) is 0 Å². The summed E-state index contributed by atoms with van der Waals surface area (Å²) in [7, 11) is 1.52. The number of amides is 1. The van der Waals surface area contributed by atoms with Crippen LogP contribution in [-0.4, -0.2) is 42.5 Å². The molecule has 2 heterocycles. The van der Waals surface area contributed by atoms with Gasteiger partial charge in [0.1, 0.15) is 6.10 Å². The molecule has 1 fully saturated rings. The highest BCUT2D eigenvalue weighted by Crippen LogP contribution is 2.27. The van der Waals surface area contributed by atoms with Gasteiger partial charge < -0.3 is 14.8 Å². The molecule has 2 atom stereocenters. The minimum atomic E-state index is -0.562. The molecule has 6 nitrogen and oxygen atoms in total. The zero-order valence-electron chi connectivity index (χ0n) is 13.0. The number of anilines is 1. The lowest BCUT2D eigenvalue weighted by Crippen LogP contribution is -2.36. The van der Waals surface area contributed by atoms with Crippen molar-refractivity contribution in [2.45, 2.75) is 12.5 Å². The predicted molar refractivity (Wildman–Crippen MR) is 92.4 cm³/mol. The number of H-pyrrole nitrogens is 1. The number of nitrogens with one attached hydrogen (secondary N) is 2. The van der Waals surface area contributed by atoms with Crippen molar-refractivity contribution in [3.05, 3.63) is 34.3 Å². The Balaban J connectivity index is 1.72. The third-order valence-corrected chi connectivity index (χ3v) is 4.34. The Morgan fingerprint density at radius 2 is 2.12 bits per heavy atom. The summed E-state index contributed by atoms with van der Waals surface area (Å²) < 4.78 is 10.6. The number of benzene rings is 1. The molecular formula is C16H17Cl2N3O3. The number of rotatable bonds is 5. The van der Waals surface area contributed by atoms with Gasteiger partial charge in [-0.15, -0.1) is 0 Å². The van der Waals surface area contributed by atoms with Crippen molar-refractivity contribution in [2.24, 2.45) is 5.92 Å². The molecule has 1 aliphatic rings. The third kappa shape index (κ3) is 3.89. The van der Waals surface area contributed by atoms with Crippen LogP contribution in [0.4, 0.5) is 5.82 Å². The first-order valence-electron chi connectivity index (χ1n) is 7.50. The van der Waals surface area contributed by atoms with Crippen molar-refractivity contribution in [1.29, 1.82) is 0 Å². The van der Waals surface area contributed by atoms with Gasteiger partial charge in [0.05, 0.1) is 12.3 Å². The van der Waals surface area contributed by atoms with E-state index in [0.29, 0.717) is 34.8 Å². The third-order valence-electron chi connectivity index (χ3n) is 3.91. The standard InChI is InChI=1S/C16H17Cl2N3O3/c1-23-15(9-2-3-24-8-9)16(22)19-14-7-13(20-21-14)10-4-11(17)6-12(18)5-10/h4-7,9,15H,2-3,8H2,1H3,(H2,19,20,21,22). The highest BCUT2D eigenvalue weighted by atomic mass is 35.5. The monoisotopic (exact) mass is 369 g/mol. The van der Waals surface area contributed by atoms with E-state index in [-0.39, 0.29) is 11.8 Å². The Labute approximate surface area is 149 Å². The number of hydrogen-bond donors (Lipinski definition) is 2. The highest BCUT2D eigenvalue weighted by molar-refractivity contribution is 6.35. The second-order valence-corrected chi connectivity index (χ2v) is 6.47. The van der Waals surface area contributed by atoms with E-state index >= 15 is 0 Å². The summed E-state index contributed by atoms with van der Waals surface area (Å²) in [6, 6.07) is 6.90. The van der Waals surface area contributed by atoms with Gasteiger partial charge in [0.15, 0.2) is 5.82 Å². The number of aromatic nitrogens is 2. The molecule has 24 heavy (non-hydrogen) atoms. The maximum Gasteiger partial charge on any atom is 0.255 e. The fourth-order valence-electron chi connectivity index (χ4n) is 2.75. The van der Waals surface area contributed by atoms with E-state index in [1.54, 1.807) is 24.3 Å². The number of carbonyl (C=O) groups is 1. The van der Waals surface area contributed by atoms with Gasteiger partial charge in [-0.2, -0.15) is 5.10 Å². The molecule has 1 aliphatic heterocycles. The summed E-state index contributed by atoms with van der Waals surface area (Å²) in [5.41, 5.74) is 1.49. The molecule has 2 aromatic rings. The first-order valence-corrected chi connectivity index (χ1v) is 8.25. The summed E-state index contributed by atoms with van der Waals surface area (Å²) in [6.45, 7) is 1.18. The van der Waals surface area contributed by atoms with Gasteiger partial charge in [-0.3, -0.25) is 9.89 Å². The summed E-state index contributed by atoms with van der Waals surface area (Å²) in [6.07, 6.45) is 0.243. The van der Waals surface area contributed by atoms with Crippen molar-refractivity contribution < 1.29 is 14.3 Å². The molecule has 1 amide bonds. The van der Waals surface area contributed by atoms with Crippen LogP contribution in [0.2, 0.25) is 10.0 Å². The first kappa shape index (κ1) is 17.2. The Hall–Kier alpha value is -1.60. The van der Waals surface area contributed by atoms with E-state index in [1.165, 1.54) is 7.11 Å². The Bertz CT molecular complexity index is 709. The van der Waals surface area contributed by atoms with Crippen LogP contribution in [0.5, 0.6) is 0 Å². The zero-order chi connectivity index (χ0) is 17.1. The lowest BCUT2D eigenvalue weighted by molar-refractivity contribution is -0.128. The van der Waals surface area contributed by atoms with E-state index in [4.69, 9.17) is 32.7 Å². The molecule has 0 bridgehead atoms. The molecule has 0 saturated carbocycles. The number of halogens is 2. The Morgan fingerprint density at radius 3 is 2.75 bits per heavy atom. The predicted octanol–water partition coefficient (Wildman–Crippen LogP) is 3.37. The highest BCUT2D eigenvalue weighted by Gasteiger charge is 2.31. The van der Waals surface area contributed by atoms with Crippen molar-refractivity contribution in [2.75, 3.05) is 25.6 Å². The molecule has 0 radical (unpaired) electrons. The summed E-state index contributed by atoms with van der Waals surface area (Å²) in [4.78, 5) is 12.4. The second kappa shape index (κ2) is 7.53. The van der Waals surface area contributed by atoms with Crippen molar-refractivity contribution in [3.63, 3.8) is 0 Å². The first-order chi connectivity index (χ1) is 11.6. The van der Waals surface area contributed by atoms with Crippen LogP contribution < -0.4 is 5.32 Å². The lowest BCUT2D eigenvalue weighted by atomic mass is 10.0. The van der Waals surface area contributed by atoms with Gasteiger partial charge in [-0.05, 0) is 24.6 Å². The molecule has 8 heteroatoms. The number of aromatic amines is 1. The maximum atomic E-state index is 12.4. The maximum absolute atomic E-state index is 12.4. The van der Waals surface area contributed by atoms with E-state index < -0.39 is 6.10 Å². The molecule has 0 aliphatic carbocycles. The molecule has 1 aromatic carbocycles. The number of methoxy groups -OCH3 is 1. The summed E-state index contributed by atoms with van der Waals surface area (Å²) >= 11 is 12.0. The van der Waals surface area contributed by atoms with Crippen LogP contribution >= 0.6 is 23.2 Å². The van der Waals surface area contributed by atoms with Crippen LogP contribution in [0.15, 0.2) is 24.3 Å². The zero-order valence-corrected chi connectivity index (χ0v) is 14.5. The fraction of sp³-hybridized carbons (Fsp3) is 0.375. The molecule has 0 spiro atoms. The van der Waals surface area contributed by atoms with Crippen LogP contribution in [0, 0.1) is 5.92 Å². The lowest BCUT2D eigenvalue weighted by Gasteiger charge is -2.19. The molecule has 2 N–H and O–H groups in total. The normalized spacial score (nSPS) is 18.5. The largest absolute Gasteiger partial charge is 0.381 e. The van der Waals surface area contributed by atoms with Gasteiger partial charge in [0, 0.05) is 41.3 Å². The number of hydrogen-bond acceptors (Lipinski definition) is 4. The number of nitrogens with zero attached hydrogens (tertiary/aromatic N) is 1. The number of ether oxygens (including phenoxy) is 2. The Morgan fingerprint density at radius 1 is 1.38 bits per heavy atom.